The highest BCUT2D eigenvalue weighted by molar-refractivity contribution is 5.95. The second-order valence-electron chi connectivity index (χ2n) is 4.85. The highest BCUT2D eigenvalue weighted by Gasteiger charge is 2.35. The Kier molecular flexibility index (Phi) is 4.16. The molecule has 2 atom stereocenters. The van der Waals surface area contributed by atoms with Crippen molar-refractivity contribution in [2.24, 2.45) is 5.92 Å². The summed E-state index contributed by atoms with van der Waals surface area (Å²) in [5.74, 6) is -0.492. The first-order chi connectivity index (χ1) is 9.08. The van der Waals surface area contributed by atoms with Crippen molar-refractivity contribution in [3.05, 3.63) is 35.9 Å². The Labute approximate surface area is 111 Å². The average molecular weight is 263 g/mol. The Hall–Kier alpha value is -1.88. The molecule has 1 aliphatic heterocycles. The van der Waals surface area contributed by atoms with Gasteiger partial charge in [-0.3, -0.25) is 4.79 Å². The zero-order valence-electron chi connectivity index (χ0n) is 10.8. The van der Waals surface area contributed by atoms with Gasteiger partial charge in [0.1, 0.15) is 12.7 Å². The number of carbonyl (C=O) groups excluding carboxylic acids is 2. The van der Waals surface area contributed by atoms with Crippen molar-refractivity contribution in [2.45, 2.75) is 26.1 Å². The standard InChI is InChI=1S/C14H17NO4/c1-10-7-12(16)13(17)15(8-10)14(18)19-9-11-5-3-2-4-6-11/h2-6,10,12,16H,7-9H2,1H3/t10-,12+/m1/s1. The van der Waals surface area contributed by atoms with E-state index in [1.165, 1.54) is 0 Å². The van der Waals surface area contributed by atoms with Gasteiger partial charge in [0.05, 0.1) is 0 Å². The predicted molar refractivity (Wildman–Crippen MR) is 68.1 cm³/mol. The van der Waals surface area contributed by atoms with E-state index in [1.54, 1.807) is 0 Å². The summed E-state index contributed by atoms with van der Waals surface area (Å²) < 4.78 is 5.09. The second-order valence-corrected chi connectivity index (χ2v) is 4.85. The second kappa shape index (κ2) is 5.84. The van der Waals surface area contributed by atoms with Gasteiger partial charge in [0, 0.05) is 6.54 Å². The van der Waals surface area contributed by atoms with Crippen molar-refractivity contribution in [1.82, 2.24) is 4.90 Å². The lowest BCUT2D eigenvalue weighted by atomic mass is 9.98. The molecule has 0 aliphatic carbocycles. The molecule has 102 valence electrons. The van der Waals surface area contributed by atoms with E-state index in [1.807, 2.05) is 37.3 Å². The van der Waals surface area contributed by atoms with Crippen molar-refractivity contribution < 1.29 is 19.4 Å². The molecule has 5 heteroatoms. The van der Waals surface area contributed by atoms with E-state index in [2.05, 4.69) is 0 Å². The number of aliphatic hydroxyl groups excluding tert-OH is 1. The molecule has 0 aromatic heterocycles. The number of piperidine rings is 1. The number of nitrogens with zero attached hydrogens (tertiary/aromatic N) is 1. The van der Waals surface area contributed by atoms with Crippen molar-refractivity contribution >= 4 is 12.0 Å². The lowest BCUT2D eigenvalue weighted by Crippen LogP contribution is -2.50. The smallest absolute Gasteiger partial charge is 0.416 e. The Morgan fingerprint density at radius 2 is 2.11 bits per heavy atom. The van der Waals surface area contributed by atoms with Crippen LogP contribution < -0.4 is 0 Å². The largest absolute Gasteiger partial charge is 0.444 e. The molecule has 1 saturated heterocycles. The fourth-order valence-corrected chi connectivity index (χ4v) is 2.10. The third-order valence-corrected chi connectivity index (χ3v) is 3.10. The van der Waals surface area contributed by atoms with E-state index in [0.717, 1.165) is 10.5 Å². The number of rotatable bonds is 2. The zero-order valence-corrected chi connectivity index (χ0v) is 10.8. The number of benzene rings is 1. The number of amides is 2. The number of hydrogen-bond acceptors (Lipinski definition) is 4. The molecule has 0 spiro atoms. The van der Waals surface area contributed by atoms with Crippen molar-refractivity contribution in [1.29, 1.82) is 0 Å². The van der Waals surface area contributed by atoms with Crippen LogP contribution in [0.4, 0.5) is 4.79 Å². The topological polar surface area (TPSA) is 66.8 Å². The first-order valence-corrected chi connectivity index (χ1v) is 6.28. The van der Waals surface area contributed by atoms with Crippen LogP contribution in [0.3, 0.4) is 0 Å². The van der Waals surface area contributed by atoms with Gasteiger partial charge in [0.15, 0.2) is 0 Å². The molecular weight excluding hydrogens is 246 g/mol. The molecule has 1 fully saturated rings. The molecule has 1 heterocycles. The highest BCUT2D eigenvalue weighted by atomic mass is 16.6. The molecule has 0 unspecified atom stereocenters. The van der Waals surface area contributed by atoms with E-state index in [0.29, 0.717) is 13.0 Å². The van der Waals surface area contributed by atoms with Crippen LogP contribution in [0.5, 0.6) is 0 Å². The summed E-state index contributed by atoms with van der Waals surface area (Å²) in [5.41, 5.74) is 0.855. The molecular formula is C14H17NO4. The van der Waals surface area contributed by atoms with Crippen molar-refractivity contribution in [2.75, 3.05) is 6.54 Å². The summed E-state index contributed by atoms with van der Waals surface area (Å²) in [6.45, 7) is 2.30. The Morgan fingerprint density at radius 3 is 2.79 bits per heavy atom. The van der Waals surface area contributed by atoms with Gasteiger partial charge in [0.2, 0.25) is 0 Å². The first kappa shape index (κ1) is 13.5. The summed E-state index contributed by atoms with van der Waals surface area (Å²) in [6.07, 6.45) is -1.41. The van der Waals surface area contributed by atoms with Crippen molar-refractivity contribution in [3.63, 3.8) is 0 Å². The van der Waals surface area contributed by atoms with Gasteiger partial charge in [0.25, 0.3) is 5.91 Å². The van der Waals surface area contributed by atoms with Crippen LogP contribution in [-0.2, 0) is 16.1 Å². The van der Waals surface area contributed by atoms with Gasteiger partial charge >= 0.3 is 6.09 Å². The summed E-state index contributed by atoms with van der Waals surface area (Å²) in [4.78, 5) is 24.5. The molecule has 0 saturated carbocycles. The van der Waals surface area contributed by atoms with Crippen LogP contribution in [0.2, 0.25) is 0 Å². The van der Waals surface area contributed by atoms with Crippen LogP contribution >= 0.6 is 0 Å². The van der Waals surface area contributed by atoms with E-state index in [-0.39, 0.29) is 12.5 Å². The summed E-state index contributed by atoms with van der Waals surface area (Å²) in [6, 6.07) is 9.24. The van der Waals surface area contributed by atoms with E-state index in [4.69, 9.17) is 4.74 Å². The maximum absolute atomic E-state index is 11.8. The van der Waals surface area contributed by atoms with Gasteiger partial charge in [-0.05, 0) is 17.9 Å². The molecule has 0 bridgehead atoms. The quantitative estimate of drug-likeness (QED) is 0.879. The number of imide groups is 1. The van der Waals surface area contributed by atoms with Crippen LogP contribution in [0.25, 0.3) is 0 Å². The molecule has 1 N–H and O–H groups in total. The number of ether oxygens (including phenoxy) is 1. The molecule has 0 radical (unpaired) electrons. The highest BCUT2D eigenvalue weighted by Crippen LogP contribution is 2.18. The molecule has 19 heavy (non-hydrogen) atoms. The minimum atomic E-state index is -1.10. The normalized spacial score (nSPS) is 23.3. The molecule has 5 nitrogen and oxygen atoms in total. The summed E-state index contributed by atoms with van der Waals surface area (Å²) >= 11 is 0. The Bertz CT molecular complexity index is 460. The maximum Gasteiger partial charge on any atom is 0.416 e. The van der Waals surface area contributed by atoms with E-state index < -0.39 is 18.1 Å². The summed E-state index contributed by atoms with van der Waals surface area (Å²) in [7, 11) is 0. The van der Waals surface area contributed by atoms with E-state index >= 15 is 0 Å². The monoisotopic (exact) mass is 263 g/mol. The molecule has 1 aromatic carbocycles. The van der Waals surface area contributed by atoms with Crippen LogP contribution in [0.15, 0.2) is 30.3 Å². The molecule has 1 aliphatic rings. The molecule has 1 aromatic rings. The van der Waals surface area contributed by atoms with E-state index in [9.17, 15) is 14.7 Å². The van der Waals surface area contributed by atoms with Gasteiger partial charge in [-0.2, -0.15) is 0 Å². The lowest BCUT2D eigenvalue weighted by molar-refractivity contribution is -0.143. The number of likely N-dealkylation sites (tertiary alicyclic amines) is 1. The number of carbonyl (C=O) groups is 2. The fourth-order valence-electron chi connectivity index (χ4n) is 2.10. The van der Waals surface area contributed by atoms with Gasteiger partial charge in [-0.15, -0.1) is 0 Å². The minimum absolute atomic E-state index is 0.0805. The fraction of sp³-hybridized carbons (Fsp3) is 0.429. The van der Waals surface area contributed by atoms with Crippen LogP contribution in [-0.4, -0.2) is 34.7 Å². The molecule has 2 rings (SSSR count). The Balaban J connectivity index is 1.94. The third-order valence-electron chi connectivity index (χ3n) is 3.10. The average Bonchev–Trinajstić information content (AvgIpc) is 2.41. The van der Waals surface area contributed by atoms with Crippen molar-refractivity contribution in [3.8, 4) is 0 Å². The van der Waals surface area contributed by atoms with Gasteiger partial charge < -0.3 is 9.84 Å². The molecule has 2 amide bonds. The predicted octanol–water partition coefficient (Wildman–Crippen LogP) is 1.55. The van der Waals surface area contributed by atoms with Gasteiger partial charge in [-0.1, -0.05) is 37.3 Å². The zero-order chi connectivity index (χ0) is 13.8. The summed E-state index contributed by atoms with van der Waals surface area (Å²) in [5, 5.41) is 9.55. The maximum atomic E-state index is 11.8. The number of aliphatic hydroxyl groups is 1. The first-order valence-electron chi connectivity index (χ1n) is 6.28. The minimum Gasteiger partial charge on any atom is -0.444 e. The van der Waals surface area contributed by atoms with Gasteiger partial charge in [-0.25, -0.2) is 9.69 Å². The SMILES string of the molecule is C[C@@H]1C[C@H](O)C(=O)N(C(=O)OCc2ccccc2)C1. The lowest BCUT2D eigenvalue weighted by Gasteiger charge is -2.31. The Morgan fingerprint density at radius 1 is 1.42 bits per heavy atom. The number of hydrogen-bond donors (Lipinski definition) is 1. The third kappa shape index (κ3) is 3.32. The van der Waals surface area contributed by atoms with Crippen LogP contribution in [0.1, 0.15) is 18.9 Å². The van der Waals surface area contributed by atoms with Crippen LogP contribution in [0, 0.1) is 5.92 Å².